The number of nitrogens with one attached hydrogen (secondary N) is 2. The van der Waals surface area contributed by atoms with Gasteiger partial charge in [-0.3, -0.25) is 9.59 Å². The molecule has 0 saturated heterocycles. The fraction of sp³-hybridized carbons (Fsp3) is 0.0400. The molecular formula is C25H20N2O4. The van der Waals surface area contributed by atoms with Crippen molar-refractivity contribution < 1.29 is 18.7 Å². The molecule has 0 radical (unpaired) electrons. The molecule has 4 aromatic rings. The summed E-state index contributed by atoms with van der Waals surface area (Å²) in [5, 5.41) is 6.21. The second-order valence-electron chi connectivity index (χ2n) is 6.72. The van der Waals surface area contributed by atoms with Crippen molar-refractivity contribution in [1.29, 1.82) is 0 Å². The number of para-hydroxylation sites is 1. The summed E-state index contributed by atoms with van der Waals surface area (Å²) >= 11 is 0. The number of hydrogen-bond acceptors (Lipinski definition) is 4. The van der Waals surface area contributed by atoms with E-state index in [9.17, 15) is 9.59 Å². The van der Waals surface area contributed by atoms with E-state index in [1.165, 1.54) is 6.08 Å². The Labute approximate surface area is 179 Å². The van der Waals surface area contributed by atoms with Crippen molar-refractivity contribution in [3.05, 3.63) is 96.3 Å². The van der Waals surface area contributed by atoms with Crippen LogP contribution in [0.5, 0.6) is 5.75 Å². The summed E-state index contributed by atoms with van der Waals surface area (Å²) in [7, 11) is 1.55. The van der Waals surface area contributed by atoms with Crippen molar-refractivity contribution in [3.8, 4) is 5.75 Å². The topological polar surface area (TPSA) is 80.6 Å². The fourth-order valence-corrected chi connectivity index (χ4v) is 3.12. The Morgan fingerprint density at radius 2 is 1.68 bits per heavy atom. The number of amides is 2. The molecule has 0 fully saturated rings. The van der Waals surface area contributed by atoms with Crippen LogP contribution < -0.4 is 15.4 Å². The smallest absolute Gasteiger partial charge is 0.293 e. The van der Waals surface area contributed by atoms with Crippen LogP contribution in [0.1, 0.15) is 16.1 Å². The third-order valence-electron chi connectivity index (χ3n) is 4.60. The van der Waals surface area contributed by atoms with Gasteiger partial charge in [0.05, 0.1) is 7.11 Å². The normalized spacial score (nSPS) is 10.9. The molecule has 1 aromatic heterocycles. The zero-order valence-corrected chi connectivity index (χ0v) is 16.8. The van der Waals surface area contributed by atoms with E-state index in [0.29, 0.717) is 28.1 Å². The summed E-state index contributed by atoms with van der Waals surface area (Å²) in [6.07, 6.45) is 3.12. The molecule has 0 bridgehead atoms. The highest BCUT2D eigenvalue weighted by Gasteiger charge is 2.22. The molecule has 31 heavy (non-hydrogen) atoms. The first-order valence-electron chi connectivity index (χ1n) is 9.65. The summed E-state index contributed by atoms with van der Waals surface area (Å²) < 4.78 is 11.0. The lowest BCUT2D eigenvalue weighted by molar-refractivity contribution is -0.111. The summed E-state index contributed by atoms with van der Waals surface area (Å²) in [5.41, 5.74) is 2.26. The number of carbonyl (C=O) groups excluding carboxylic acids is 2. The van der Waals surface area contributed by atoms with Crippen LogP contribution in [0.25, 0.3) is 17.0 Å². The molecule has 2 N–H and O–H groups in total. The maximum atomic E-state index is 13.0. The lowest BCUT2D eigenvalue weighted by Gasteiger charge is -2.07. The monoisotopic (exact) mass is 412 g/mol. The van der Waals surface area contributed by atoms with Gasteiger partial charge in [-0.05, 0) is 35.9 Å². The summed E-state index contributed by atoms with van der Waals surface area (Å²) in [5.74, 6) is -0.218. The first-order chi connectivity index (χ1) is 15.1. The van der Waals surface area contributed by atoms with Crippen molar-refractivity contribution in [2.45, 2.75) is 0 Å². The molecule has 6 nitrogen and oxygen atoms in total. The predicted molar refractivity (Wildman–Crippen MR) is 121 cm³/mol. The molecule has 0 aliphatic carbocycles. The third-order valence-corrected chi connectivity index (χ3v) is 4.60. The SMILES string of the molecule is COc1cccc(NC(=O)c2oc3ccccc3c2NC(=O)/C=C\c2ccccc2)c1. The van der Waals surface area contributed by atoms with Crippen molar-refractivity contribution >= 4 is 40.2 Å². The number of ether oxygens (including phenoxy) is 1. The number of carbonyl (C=O) groups is 2. The molecule has 1 heterocycles. The Hall–Kier alpha value is -4.32. The molecule has 3 aromatic carbocycles. The van der Waals surface area contributed by atoms with Crippen LogP contribution in [-0.2, 0) is 4.79 Å². The van der Waals surface area contributed by atoms with Gasteiger partial charge in [-0.25, -0.2) is 0 Å². The lowest BCUT2D eigenvalue weighted by Crippen LogP contribution is -2.15. The summed E-state index contributed by atoms with van der Waals surface area (Å²) in [6, 6.07) is 23.6. The largest absolute Gasteiger partial charge is 0.497 e. The highest BCUT2D eigenvalue weighted by molar-refractivity contribution is 6.16. The molecule has 0 aliphatic heterocycles. The standard InChI is InChI=1S/C25H20N2O4/c1-30-19-11-7-10-18(16-19)26-25(29)24-23(20-12-5-6-13-21(20)31-24)27-22(28)15-14-17-8-3-2-4-9-17/h2-16H,1H3,(H,26,29)(H,27,28)/b15-14-. The number of methoxy groups -OCH3 is 1. The highest BCUT2D eigenvalue weighted by atomic mass is 16.5. The van der Waals surface area contributed by atoms with Crippen molar-refractivity contribution in [2.75, 3.05) is 17.7 Å². The van der Waals surface area contributed by atoms with Crippen molar-refractivity contribution in [2.24, 2.45) is 0 Å². The second-order valence-corrected chi connectivity index (χ2v) is 6.72. The molecule has 0 unspecified atom stereocenters. The average Bonchev–Trinajstić information content (AvgIpc) is 3.17. The van der Waals surface area contributed by atoms with Gasteiger partial charge >= 0.3 is 0 Å². The minimum atomic E-state index is -0.480. The Morgan fingerprint density at radius 1 is 0.903 bits per heavy atom. The van der Waals surface area contributed by atoms with Gasteiger partial charge in [0.25, 0.3) is 5.91 Å². The molecule has 6 heteroatoms. The predicted octanol–water partition coefficient (Wildman–Crippen LogP) is 5.35. The number of anilines is 2. The molecule has 0 saturated carbocycles. The van der Waals surface area contributed by atoms with Gasteiger partial charge < -0.3 is 19.8 Å². The minimum absolute atomic E-state index is 0.0190. The van der Waals surface area contributed by atoms with E-state index in [1.807, 2.05) is 36.4 Å². The van der Waals surface area contributed by atoms with Gasteiger partial charge in [0, 0.05) is 23.2 Å². The van der Waals surface area contributed by atoms with Crippen LogP contribution >= 0.6 is 0 Å². The van der Waals surface area contributed by atoms with Crippen LogP contribution in [0.15, 0.2) is 89.4 Å². The first-order valence-corrected chi connectivity index (χ1v) is 9.65. The van der Waals surface area contributed by atoms with Gasteiger partial charge in [-0.1, -0.05) is 48.5 Å². The molecule has 2 amide bonds. The zero-order chi connectivity index (χ0) is 21.6. The number of rotatable bonds is 6. The van der Waals surface area contributed by atoms with Crippen LogP contribution in [0.4, 0.5) is 11.4 Å². The minimum Gasteiger partial charge on any atom is -0.497 e. The van der Waals surface area contributed by atoms with Gasteiger partial charge in [0.1, 0.15) is 17.0 Å². The Balaban J connectivity index is 1.61. The fourth-order valence-electron chi connectivity index (χ4n) is 3.12. The van der Waals surface area contributed by atoms with E-state index in [0.717, 1.165) is 5.56 Å². The van der Waals surface area contributed by atoms with Crippen LogP contribution in [0, 0.1) is 0 Å². The molecule has 4 rings (SSSR count). The highest BCUT2D eigenvalue weighted by Crippen LogP contribution is 2.31. The number of benzene rings is 3. The molecule has 0 spiro atoms. The van der Waals surface area contributed by atoms with E-state index < -0.39 is 5.91 Å². The van der Waals surface area contributed by atoms with E-state index in [4.69, 9.17) is 9.15 Å². The zero-order valence-electron chi connectivity index (χ0n) is 16.8. The quantitative estimate of drug-likeness (QED) is 0.419. The van der Waals surface area contributed by atoms with Gasteiger partial charge in [-0.15, -0.1) is 0 Å². The van der Waals surface area contributed by atoms with E-state index in [-0.39, 0.29) is 11.7 Å². The lowest BCUT2D eigenvalue weighted by atomic mass is 10.2. The van der Waals surface area contributed by atoms with E-state index in [1.54, 1.807) is 55.7 Å². The number of fused-ring (bicyclic) bond motifs is 1. The van der Waals surface area contributed by atoms with Crippen LogP contribution in [-0.4, -0.2) is 18.9 Å². The number of hydrogen-bond donors (Lipinski definition) is 2. The van der Waals surface area contributed by atoms with Crippen LogP contribution in [0.3, 0.4) is 0 Å². The van der Waals surface area contributed by atoms with E-state index in [2.05, 4.69) is 10.6 Å². The average molecular weight is 412 g/mol. The molecular weight excluding hydrogens is 392 g/mol. The summed E-state index contributed by atoms with van der Waals surface area (Å²) in [6.45, 7) is 0. The number of furan rings is 1. The van der Waals surface area contributed by atoms with Crippen molar-refractivity contribution in [3.63, 3.8) is 0 Å². The van der Waals surface area contributed by atoms with Crippen LogP contribution in [0.2, 0.25) is 0 Å². The van der Waals surface area contributed by atoms with Gasteiger partial charge in [0.2, 0.25) is 11.7 Å². The third kappa shape index (κ3) is 4.64. The Bertz CT molecular complexity index is 1260. The van der Waals surface area contributed by atoms with Gasteiger partial charge in [0.15, 0.2) is 0 Å². The Kier molecular flexibility index (Phi) is 5.80. The Morgan fingerprint density at radius 3 is 2.48 bits per heavy atom. The second kappa shape index (κ2) is 9.00. The molecule has 0 aliphatic rings. The van der Waals surface area contributed by atoms with Gasteiger partial charge in [-0.2, -0.15) is 0 Å². The van der Waals surface area contributed by atoms with E-state index >= 15 is 0 Å². The maximum absolute atomic E-state index is 13.0. The maximum Gasteiger partial charge on any atom is 0.293 e. The summed E-state index contributed by atoms with van der Waals surface area (Å²) in [4.78, 5) is 25.5. The molecule has 154 valence electrons. The molecule has 0 atom stereocenters. The van der Waals surface area contributed by atoms with Crippen molar-refractivity contribution in [1.82, 2.24) is 0 Å². The first kappa shape index (κ1) is 20.0.